The molecule has 110 valence electrons. The number of carbonyl (C=O) groups is 1. The van der Waals surface area contributed by atoms with E-state index in [1.165, 1.54) is 24.6 Å². The second-order valence-electron chi connectivity index (χ2n) is 5.49. The second-order valence-corrected chi connectivity index (χ2v) is 5.49. The average molecular weight is 280 g/mol. The van der Waals surface area contributed by atoms with Crippen molar-refractivity contribution < 1.29 is 13.9 Å². The molecule has 3 N–H and O–H groups in total. The molecule has 4 nitrogen and oxygen atoms in total. The summed E-state index contributed by atoms with van der Waals surface area (Å²) in [5.74, 6) is -0.0709. The molecule has 2 unspecified atom stereocenters. The summed E-state index contributed by atoms with van der Waals surface area (Å²) in [6.45, 7) is 2.23. The van der Waals surface area contributed by atoms with Crippen molar-refractivity contribution in [1.29, 1.82) is 0 Å². The van der Waals surface area contributed by atoms with E-state index in [1.807, 2.05) is 0 Å². The molecule has 1 aromatic rings. The van der Waals surface area contributed by atoms with E-state index < -0.39 is 5.82 Å². The number of rotatable bonds is 4. The van der Waals surface area contributed by atoms with Gasteiger partial charge in [-0.2, -0.15) is 0 Å². The number of carbonyl (C=O) groups excluding carboxylic acids is 1. The Balaban J connectivity index is 1.78. The minimum absolute atomic E-state index is 0.0184. The predicted octanol–water partition coefficient (Wildman–Crippen LogP) is 2.94. The zero-order valence-corrected chi connectivity index (χ0v) is 11.7. The second kappa shape index (κ2) is 6.70. The molecule has 1 aliphatic rings. The molecule has 2 atom stereocenters. The Kier molecular flexibility index (Phi) is 4.95. The fraction of sp³-hybridized carbons (Fsp3) is 0.533. The van der Waals surface area contributed by atoms with Crippen LogP contribution in [0.1, 0.15) is 32.6 Å². The van der Waals surface area contributed by atoms with Crippen LogP contribution in [0, 0.1) is 11.7 Å². The van der Waals surface area contributed by atoms with Crippen molar-refractivity contribution >= 4 is 17.3 Å². The topological polar surface area (TPSA) is 64.3 Å². The summed E-state index contributed by atoms with van der Waals surface area (Å²) in [7, 11) is 0. The maximum absolute atomic E-state index is 13.0. The standard InChI is InChI=1S/C15H21FN2O2/c1-10-3-2-4-12(7-10)20-9-15(19)18-11-5-6-13(16)14(17)8-11/h5-6,8,10,12H,2-4,7,9,17H2,1H3,(H,18,19). The molecule has 1 fully saturated rings. The number of anilines is 2. The van der Waals surface area contributed by atoms with E-state index >= 15 is 0 Å². The zero-order chi connectivity index (χ0) is 14.5. The van der Waals surface area contributed by atoms with Gasteiger partial charge in [-0.1, -0.05) is 19.8 Å². The highest BCUT2D eigenvalue weighted by Crippen LogP contribution is 2.25. The molecule has 2 rings (SSSR count). The molecular formula is C15H21FN2O2. The third-order valence-corrected chi connectivity index (χ3v) is 3.62. The lowest BCUT2D eigenvalue weighted by Gasteiger charge is -2.26. The largest absolute Gasteiger partial charge is 0.396 e. The third-order valence-electron chi connectivity index (χ3n) is 3.62. The Morgan fingerprint density at radius 1 is 1.50 bits per heavy atom. The Morgan fingerprint density at radius 3 is 3.00 bits per heavy atom. The fourth-order valence-corrected chi connectivity index (χ4v) is 2.54. The Morgan fingerprint density at radius 2 is 2.30 bits per heavy atom. The fourth-order valence-electron chi connectivity index (χ4n) is 2.54. The van der Waals surface area contributed by atoms with Crippen LogP contribution in [0.3, 0.4) is 0 Å². The van der Waals surface area contributed by atoms with Gasteiger partial charge in [0.25, 0.3) is 0 Å². The number of halogens is 1. The summed E-state index contributed by atoms with van der Waals surface area (Å²) < 4.78 is 18.6. The van der Waals surface area contributed by atoms with Crippen molar-refractivity contribution in [2.24, 2.45) is 5.92 Å². The molecule has 1 aliphatic carbocycles. The molecule has 1 amide bonds. The van der Waals surface area contributed by atoms with Gasteiger partial charge in [0, 0.05) is 5.69 Å². The lowest BCUT2D eigenvalue weighted by Crippen LogP contribution is -2.27. The smallest absolute Gasteiger partial charge is 0.250 e. The molecule has 0 aliphatic heterocycles. The van der Waals surface area contributed by atoms with Crippen LogP contribution in [-0.4, -0.2) is 18.6 Å². The summed E-state index contributed by atoms with van der Waals surface area (Å²) in [4.78, 5) is 11.8. The molecule has 0 aromatic heterocycles. The van der Waals surface area contributed by atoms with Gasteiger partial charge in [0.1, 0.15) is 12.4 Å². The van der Waals surface area contributed by atoms with Crippen LogP contribution in [-0.2, 0) is 9.53 Å². The van der Waals surface area contributed by atoms with Crippen LogP contribution in [0.15, 0.2) is 18.2 Å². The highest BCUT2D eigenvalue weighted by Gasteiger charge is 2.20. The third kappa shape index (κ3) is 4.20. The first-order chi connectivity index (χ1) is 9.54. The van der Waals surface area contributed by atoms with E-state index in [0.717, 1.165) is 19.3 Å². The van der Waals surface area contributed by atoms with Gasteiger partial charge in [0.15, 0.2) is 0 Å². The zero-order valence-electron chi connectivity index (χ0n) is 11.7. The Labute approximate surface area is 118 Å². The van der Waals surface area contributed by atoms with E-state index in [2.05, 4.69) is 12.2 Å². The quantitative estimate of drug-likeness (QED) is 0.833. The number of nitrogens with one attached hydrogen (secondary N) is 1. The monoisotopic (exact) mass is 280 g/mol. The number of nitrogen functional groups attached to an aromatic ring is 1. The number of hydrogen-bond donors (Lipinski definition) is 2. The summed E-state index contributed by atoms with van der Waals surface area (Å²) in [5.41, 5.74) is 5.94. The van der Waals surface area contributed by atoms with Crippen LogP contribution in [0.2, 0.25) is 0 Å². The number of ether oxygens (including phenoxy) is 1. The van der Waals surface area contributed by atoms with E-state index in [0.29, 0.717) is 11.6 Å². The molecule has 0 spiro atoms. The van der Waals surface area contributed by atoms with Gasteiger partial charge in [-0.25, -0.2) is 4.39 Å². The van der Waals surface area contributed by atoms with Crippen LogP contribution in [0.25, 0.3) is 0 Å². The van der Waals surface area contributed by atoms with Crippen LogP contribution in [0.4, 0.5) is 15.8 Å². The molecule has 1 aromatic carbocycles. The van der Waals surface area contributed by atoms with E-state index in [9.17, 15) is 9.18 Å². The van der Waals surface area contributed by atoms with Crippen molar-refractivity contribution in [3.8, 4) is 0 Å². The van der Waals surface area contributed by atoms with E-state index in [-0.39, 0.29) is 24.3 Å². The maximum Gasteiger partial charge on any atom is 0.250 e. The normalized spacial score (nSPS) is 22.5. The lowest BCUT2D eigenvalue weighted by molar-refractivity contribution is -0.123. The Hall–Kier alpha value is -1.62. The first kappa shape index (κ1) is 14.8. The lowest BCUT2D eigenvalue weighted by atomic mass is 9.89. The molecule has 0 bridgehead atoms. The summed E-state index contributed by atoms with van der Waals surface area (Å²) in [6.07, 6.45) is 4.59. The van der Waals surface area contributed by atoms with Gasteiger partial charge in [-0.15, -0.1) is 0 Å². The van der Waals surface area contributed by atoms with Gasteiger partial charge < -0.3 is 15.8 Å². The molecular weight excluding hydrogens is 259 g/mol. The molecule has 5 heteroatoms. The summed E-state index contributed by atoms with van der Waals surface area (Å²) in [5, 5.41) is 2.65. The minimum atomic E-state index is -0.490. The highest BCUT2D eigenvalue weighted by molar-refractivity contribution is 5.92. The van der Waals surface area contributed by atoms with Gasteiger partial charge in [-0.3, -0.25) is 4.79 Å². The molecule has 0 radical (unpaired) electrons. The SMILES string of the molecule is CC1CCCC(OCC(=O)Nc2ccc(F)c(N)c2)C1. The molecule has 0 saturated heterocycles. The highest BCUT2D eigenvalue weighted by atomic mass is 19.1. The number of nitrogens with two attached hydrogens (primary N) is 1. The summed E-state index contributed by atoms with van der Waals surface area (Å²) in [6, 6.07) is 4.11. The van der Waals surface area contributed by atoms with Crippen LogP contribution in [0.5, 0.6) is 0 Å². The van der Waals surface area contributed by atoms with E-state index in [4.69, 9.17) is 10.5 Å². The predicted molar refractivity (Wildman–Crippen MR) is 76.8 cm³/mol. The van der Waals surface area contributed by atoms with Gasteiger partial charge in [0.2, 0.25) is 5.91 Å². The van der Waals surface area contributed by atoms with Gasteiger partial charge >= 0.3 is 0 Å². The van der Waals surface area contributed by atoms with Crippen LogP contribution >= 0.6 is 0 Å². The summed E-state index contributed by atoms with van der Waals surface area (Å²) >= 11 is 0. The number of hydrogen-bond acceptors (Lipinski definition) is 3. The van der Waals surface area contributed by atoms with Crippen molar-refractivity contribution in [1.82, 2.24) is 0 Å². The maximum atomic E-state index is 13.0. The van der Waals surface area contributed by atoms with Crippen molar-refractivity contribution in [3.63, 3.8) is 0 Å². The van der Waals surface area contributed by atoms with Crippen molar-refractivity contribution in [2.75, 3.05) is 17.7 Å². The number of amides is 1. The first-order valence-corrected chi connectivity index (χ1v) is 7.01. The first-order valence-electron chi connectivity index (χ1n) is 7.01. The average Bonchev–Trinajstić information content (AvgIpc) is 2.41. The number of benzene rings is 1. The van der Waals surface area contributed by atoms with E-state index in [1.54, 1.807) is 0 Å². The molecule has 0 heterocycles. The van der Waals surface area contributed by atoms with Gasteiger partial charge in [0.05, 0.1) is 11.8 Å². The van der Waals surface area contributed by atoms with Crippen molar-refractivity contribution in [3.05, 3.63) is 24.0 Å². The van der Waals surface area contributed by atoms with Gasteiger partial charge in [-0.05, 0) is 37.0 Å². The molecule has 20 heavy (non-hydrogen) atoms. The Bertz CT molecular complexity index is 479. The molecule has 1 saturated carbocycles. The van der Waals surface area contributed by atoms with Crippen LogP contribution < -0.4 is 11.1 Å². The van der Waals surface area contributed by atoms with Crippen molar-refractivity contribution in [2.45, 2.75) is 38.7 Å². The minimum Gasteiger partial charge on any atom is -0.396 e.